The Hall–Kier alpha value is -4.36. The van der Waals surface area contributed by atoms with Gasteiger partial charge in [-0.2, -0.15) is 8.61 Å². The summed E-state index contributed by atoms with van der Waals surface area (Å²) < 4.78 is 58.8. The van der Waals surface area contributed by atoms with Gasteiger partial charge in [-0.3, -0.25) is 9.59 Å². The van der Waals surface area contributed by atoms with Crippen molar-refractivity contribution in [2.24, 2.45) is 0 Å². The lowest BCUT2D eigenvalue weighted by Crippen LogP contribution is -2.41. The molecular weight excluding hydrogens is 697 g/mol. The predicted octanol–water partition coefficient (Wildman–Crippen LogP) is 5.84. The molecule has 1 aliphatic heterocycles. The van der Waals surface area contributed by atoms with E-state index in [4.69, 9.17) is 0 Å². The van der Waals surface area contributed by atoms with Crippen molar-refractivity contribution in [1.29, 1.82) is 0 Å². The highest BCUT2D eigenvalue weighted by molar-refractivity contribution is 7.89. The fourth-order valence-corrected chi connectivity index (χ4v) is 9.37. The van der Waals surface area contributed by atoms with E-state index in [2.05, 4.69) is 0 Å². The molecule has 0 saturated carbocycles. The number of nitrogens with zero attached hydrogens (tertiary/aromatic N) is 4. The van der Waals surface area contributed by atoms with Gasteiger partial charge in [0.2, 0.25) is 20.0 Å². The largest absolute Gasteiger partial charge is 0.339 e. The Morgan fingerprint density at radius 1 is 0.423 bits per heavy atom. The van der Waals surface area contributed by atoms with E-state index in [1.54, 1.807) is 107 Å². The molecule has 0 aliphatic carbocycles. The zero-order valence-corrected chi connectivity index (χ0v) is 31.6. The second-order valence-electron chi connectivity index (χ2n) is 13.2. The van der Waals surface area contributed by atoms with Crippen LogP contribution in [0.1, 0.15) is 57.5 Å². The summed E-state index contributed by atoms with van der Waals surface area (Å²) in [7, 11) is -7.75. The van der Waals surface area contributed by atoms with Crippen LogP contribution in [0, 0.1) is 13.8 Å². The van der Waals surface area contributed by atoms with Crippen LogP contribution in [0.5, 0.6) is 0 Å². The first-order valence-corrected chi connectivity index (χ1v) is 20.7. The monoisotopic (exact) mass is 744 g/mol. The number of sulfonamides is 2. The summed E-state index contributed by atoms with van der Waals surface area (Å²) in [5, 5.41) is 0. The summed E-state index contributed by atoms with van der Waals surface area (Å²) >= 11 is 0. The minimum absolute atomic E-state index is 0.162. The molecule has 4 aromatic carbocycles. The number of carbonyl (C=O) groups is 2. The Balaban J connectivity index is 1.45. The molecule has 1 heterocycles. The van der Waals surface area contributed by atoms with Crippen LogP contribution in [0.2, 0.25) is 0 Å². The molecule has 1 fully saturated rings. The number of hydrogen-bond donors (Lipinski definition) is 0. The molecule has 10 nitrogen and oxygen atoms in total. The zero-order chi connectivity index (χ0) is 37.1. The van der Waals surface area contributed by atoms with Gasteiger partial charge in [-0.25, -0.2) is 16.8 Å². The summed E-state index contributed by atoms with van der Waals surface area (Å²) in [5.41, 5.74) is 2.91. The molecule has 0 bridgehead atoms. The Morgan fingerprint density at radius 2 is 0.712 bits per heavy atom. The van der Waals surface area contributed by atoms with Gasteiger partial charge in [-0.15, -0.1) is 0 Å². The Labute approximate surface area is 308 Å². The van der Waals surface area contributed by atoms with E-state index < -0.39 is 20.0 Å². The molecule has 0 unspecified atom stereocenters. The molecule has 52 heavy (non-hydrogen) atoms. The highest BCUT2D eigenvalue weighted by Crippen LogP contribution is 2.21. The SMILES string of the molecule is Cc1ccc(S(=O)(=O)N2CCCN(C(=O)c3ccccc3)CCCN(S(=O)(=O)c3ccc(C)cc3)CCCN(C(=O)c3ccccc3)CCC2)cc1. The maximum absolute atomic E-state index is 14.0. The van der Waals surface area contributed by atoms with Crippen molar-refractivity contribution < 1.29 is 26.4 Å². The van der Waals surface area contributed by atoms with Crippen molar-refractivity contribution in [3.05, 3.63) is 131 Å². The van der Waals surface area contributed by atoms with Crippen LogP contribution in [0.4, 0.5) is 0 Å². The number of amides is 2. The minimum atomic E-state index is -3.88. The van der Waals surface area contributed by atoms with Gasteiger partial charge in [-0.05, 0) is 88.1 Å². The highest BCUT2D eigenvalue weighted by atomic mass is 32.2. The van der Waals surface area contributed by atoms with E-state index in [-0.39, 0.29) is 74.0 Å². The van der Waals surface area contributed by atoms with Crippen molar-refractivity contribution >= 4 is 31.9 Å². The molecule has 1 saturated heterocycles. The maximum Gasteiger partial charge on any atom is 0.253 e. The van der Waals surface area contributed by atoms with Crippen molar-refractivity contribution in [3.8, 4) is 0 Å². The number of hydrogen-bond acceptors (Lipinski definition) is 6. The van der Waals surface area contributed by atoms with Crippen LogP contribution in [0.3, 0.4) is 0 Å². The number of benzene rings is 4. The fourth-order valence-electron chi connectivity index (χ4n) is 6.33. The Kier molecular flexibility index (Phi) is 13.4. The van der Waals surface area contributed by atoms with Crippen LogP contribution >= 0.6 is 0 Å². The lowest BCUT2D eigenvalue weighted by atomic mass is 10.1. The molecule has 4 aromatic rings. The van der Waals surface area contributed by atoms with Crippen molar-refractivity contribution in [2.75, 3.05) is 52.4 Å². The molecule has 2 amide bonds. The average molecular weight is 745 g/mol. The van der Waals surface area contributed by atoms with Crippen molar-refractivity contribution in [3.63, 3.8) is 0 Å². The van der Waals surface area contributed by atoms with Gasteiger partial charge in [0, 0.05) is 63.5 Å². The molecule has 1 aliphatic rings. The predicted molar refractivity (Wildman–Crippen MR) is 203 cm³/mol. The van der Waals surface area contributed by atoms with Crippen LogP contribution in [0.15, 0.2) is 119 Å². The van der Waals surface area contributed by atoms with Crippen LogP contribution in [0.25, 0.3) is 0 Å². The van der Waals surface area contributed by atoms with E-state index in [9.17, 15) is 26.4 Å². The molecule has 0 spiro atoms. The van der Waals surface area contributed by atoms with E-state index in [1.165, 1.54) is 8.61 Å². The summed E-state index contributed by atoms with van der Waals surface area (Å²) in [6.07, 6.45) is 1.45. The third-order valence-electron chi connectivity index (χ3n) is 9.28. The van der Waals surface area contributed by atoms with E-state index in [0.717, 1.165) is 11.1 Å². The highest BCUT2D eigenvalue weighted by Gasteiger charge is 2.28. The summed E-state index contributed by atoms with van der Waals surface area (Å²) in [5.74, 6) is -0.393. The lowest BCUT2D eigenvalue weighted by molar-refractivity contribution is 0.0744. The van der Waals surface area contributed by atoms with Gasteiger partial charge in [0.15, 0.2) is 0 Å². The first kappa shape index (κ1) is 38.9. The Bertz CT molecular complexity index is 1820. The maximum atomic E-state index is 14.0. The Morgan fingerprint density at radius 3 is 1.00 bits per heavy atom. The molecule has 276 valence electrons. The third-order valence-corrected chi connectivity index (χ3v) is 13.1. The van der Waals surface area contributed by atoms with Gasteiger partial charge in [0.05, 0.1) is 9.79 Å². The molecule has 5 rings (SSSR count). The van der Waals surface area contributed by atoms with E-state index in [1.807, 2.05) is 26.0 Å². The van der Waals surface area contributed by atoms with Gasteiger partial charge < -0.3 is 9.80 Å². The summed E-state index contributed by atoms with van der Waals surface area (Å²) in [4.78, 5) is 31.3. The topological polar surface area (TPSA) is 115 Å². The normalized spacial score (nSPS) is 16.7. The quantitative estimate of drug-likeness (QED) is 0.245. The smallest absolute Gasteiger partial charge is 0.253 e. The summed E-state index contributed by atoms with van der Waals surface area (Å²) in [6, 6.07) is 31.3. The van der Waals surface area contributed by atoms with Crippen LogP contribution in [-0.4, -0.2) is 99.4 Å². The van der Waals surface area contributed by atoms with E-state index >= 15 is 0 Å². The standard InChI is InChI=1S/C40H48N4O6S2/c1-33-17-21-37(22-18-33)51(47,48)43-29-9-25-41(39(45)35-13-5-3-6-14-35)27-11-31-44(52(49,50)38-23-19-34(2)20-24-38)32-12-28-42(26-10-30-43)40(46)36-15-7-4-8-16-36/h3-8,13-24H,9-12,25-32H2,1-2H3. The third kappa shape index (κ3) is 9.94. The van der Waals surface area contributed by atoms with Gasteiger partial charge in [-0.1, -0.05) is 71.8 Å². The molecule has 12 heteroatoms. The number of rotatable bonds is 6. The minimum Gasteiger partial charge on any atom is -0.339 e. The number of aryl methyl sites for hydroxylation is 2. The van der Waals surface area contributed by atoms with E-state index in [0.29, 0.717) is 36.8 Å². The fraction of sp³-hybridized carbons (Fsp3) is 0.350. The molecule has 0 atom stereocenters. The second kappa shape index (κ2) is 17.9. The van der Waals surface area contributed by atoms with Crippen LogP contribution < -0.4 is 0 Å². The lowest BCUT2D eigenvalue weighted by Gasteiger charge is -2.30. The van der Waals surface area contributed by atoms with Gasteiger partial charge in [0.25, 0.3) is 11.8 Å². The average Bonchev–Trinajstić information content (AvgIpc) is 3.15. The van der Waals surface area contributed by atoms with Crippen molar-refractivity contribution in [2.45, 2.75) is 49.3 Å². The molecular formula is C40H48N4O6S2. The molecule has 0 aromatic heterocycles. The summed E-state index contributed by atoms with van der Waals surface area (Å²) in [6.45, 7) is 5.55. The number of carbonyl (C=O) groups excluding carboxylic acids is 2. The first-order valence-electron chi connectivity index (χ1n) is 17.8. The van der Waals surface area contributed by atoms with Crippen molar-refractivity contribution in [1.82, 2.24) is 18.4 Å². The van der Waals surface area contributed by atoms with Crippen LogP contribution in [-0.2, 0) is 20.0 Å². The first-order chi connectivity index (χ1) is 25.0. The molecule has 0 N–H and O–H groups in total. The molecule has 0 radical (unpaired) electrons. The zero-order valence-electron chi connectivity index (χ0n) is 29.9. The van der Waals surface area contributed by atoms with Gasteiger partial charge in [0.1, 0.15) is 0 Å². The second-order valence-corrected chi connectivity index (χ2v) is 17.0. The van der Waals surface area contributed by atoms with Gasteiger partial charge >= 0.3 is 0 Å².